The summed E-state index contributed by atoms with van der Waals surface area (Å²) in [5, 5.41) is 0. The monoisotopic (exact) mass is 200 g/mol. The highest BCUT2D eigenvalue weighted by atomic mass is 14.1. The fourth-order valence-electron chi connectivity index (χ4n) is 1.36. The van der Waals surface area contributed by atoms with E-state index < -0.39 is 0 Å². The molecule has 0 saturated heterocycles. The van der Waals surface area contributed by atoms with E-state index in [1.54, 1.807) is 0 Å². The van der Waals surface area contributed by atoms with Gasteiger partial charge < -0.3 is 0 Å². The summed E-state index contributed by atoms with van der Waals surface area (Å²) in [4.78, 5) is 0. The fourth-order valence-corrected chi connectivity index (χ4v) is 1.36. The summed E-state index contributed by atoms with van der Waals surface area (Å²) in [5.74, 6) is 15.6. The summed E-state index contributed by atoms with van der Waals surface area (Å²) in [7, 11) is 0. The third kappa shape index (κ3) is 9.00. The summed E-state index contributed by atoms with van der Waals surface area (Å²) >= 11 is 0. The van der Waals surface area contributed by atoms with Crippen LogP contribution in [0.25, 0.3) is 0 Å². The molecule has 1 unspecified atom stereocenters. The first-order valence-electron chi connectivity index (χ1n) is 5.66. The largest absolute Gasteiger partial charge is 0.120 e. The molecule has 0 aliphatic rings. The molecule has 0 fully saturated rings. The number of unbranched alkanes of at least 4 members (excludes halogenated alkanes) is 1. The maximum absolute atomic E-state index is 5.23. The Kier molecular flexibility index (Phi) is 9.81. The van der Waals surface area contributed by atoms with Crippen molar-refractivity contribution in [2.45, 2.75) is 52.4 Å². The molecule has 0 spiro atoms. The molecule has 0 heterocycles. The second-order valence-electron chi connectivity index (χ2n) is 3.43. The van der Waals surface area contributed by atoms with Gasteiger partial charge in [0.1, 0.15) is 0 Å². The van der Waals surface area contributed by atoms with Crippen molar-refractivity contribution in [3.63, 3.8) is 0 Å². The van der Waals surface area contributed by atoms with Gasteiger partial charge in [0.2, 0.25) is 0 Å². The average molecular weight is 200 g/mol. The number of terminal acetylenes is 1. The molecule has 0 nitrogen and oxygen atoms in total. The average Bonchev–Trinajstić information content (AvgIpc) is 2.25. The molecule has 0 rings (SSSR count). The minimum atomic E-state index is 0.485. The van der Waals surface area contributed by atoms with E-state index in [1.165, 1.54) is 0 Å². The molecule has 0 bridgehead atoms. The predicted molar refractivity (Wildman–Crippen MR) is 66.9 cm³/mol. The van der Waals surface area contributed by atoms with E-state index in [0.29, 0.717) is 5.92 Å². The van der Waals surface area contributed by atoms with Crippen LogP contribution in [0.3, 0.4) is 0 Å². The lowest BCUT2D eigenvalue weighted by atomic mass is 9.97. The summed E-state index contributed by atoms with van der Waals surface area (Å²) in [6.07, 6.45) is 11.3. The zero-order valence-corrected chi connectivity index (χ0v) is 9.90. The smallest absolute Gasteiger partial charge is 0.0212 e. The Bertz CT molecular complexity index is 295. The van der Waals surface area contributed by atoms with Crippen LogP contribution >= 0.6 is 0 Å². The third-order valence-electron chi connectivity index (χ3n) is 2.15. The molecular formula is C15H20. The van der Waals surface area contributed by atoms with E-state index in [9.17, 15) is 0 Å². The molecule has 0 heteroatoms. The van der Waals surface area contributed by atoms with Crippen LogP contribution in [0, 0.1) is 41.9 Å². The van der Waals surface area contributed by atoms with Gasteiger partial charge in [0.15, 0.2) is 0 Å². The molecule has 0 aliphatic heterocycles. The van der Waals surface area contributed by atoms with Crippen LogP contribution in [0.1, 0.15) is 52.4 Å². The van der Waals surface area contributed by atoms with Gasteiger partial charge in [-0.1, -0.05) is 12.8 Å². The maximum atomic E-state index is 5.23. The normalized spacial score (nSPS) is 10.2. The summed E-state index contributed by atoms with van der Waals surface area (Å²) in [5.41, 5.74) is 0. The molecule has 15 heavy (non-hydrogen) atoms. The van der Waals surface area contributed by atoms with Gasteiger partial charge in [-0.3, -0.25) is 0 Å². The molecule has 80 valence electrons. The number of hydrogen-bond acceptors (Lipinski definition) is 0. The van der Waals surface area contributed by atoms with E-state index in [2.05, 4.69) is 36.5 Å². The van der Waals surface area contributed by atoms with Gasteiger partial charge in [0.25, 0.3) is 0 Å². The quantitative estimate of drug-likeness (QED) is 0.469. The van der Waals surface area contributed by atoms with Crippen LogP contribution in [0.15, 0.2) is 0 Å². The molecule has 0 aromatic rings. The molecule has 0 aromatic heterocycles. The number of rotatable bonds is 5. The standard InChI is InChI=1S/C15H20/c1-4-7-10-13-15(12-9-6-3)14-11-8-5-2/h1,15H,6-7,10-11,13-14H2,2-3H3. The molecule has 0 amide bonds. The zero-order valence-electron chi connectivity index (χ0n) is 9.90. The third-order valence-corrected chi connectivity index (χ3v) is 2.15. The summed E-state index contributed by atoms with van der Waals surface area (Å²) < 4.78 is 0. The summed E-state index contributed by atoms with van der Waals surface area (Å²) in [6.45, 7) is 3.96. The fraction of sp³-hybridized carbons (Fsp3) is 0.600. The van der Waals surface area contributed by atoms with Gasteiger partial charge in [-0.05, 0) is 26.2 Å². The lowest BCUT2D eigenvalue weighted by molar-refractivity contribution is 0.551. The first-order chi connectivity index (χ1) is 7.35. The Morgan fingerprint density at radius 1 is 1.13 bits per heavy atom. The first-order valence-corrected chi connectivity index (χ1v) is 5.66. The van der Waals surface area contributed by atoms with Crippen molar-refractivity contribution >= 4 is 0 Å². The second kappa shape index (κ2) is 10.8. The highest BCUT2D eigenvalue weighted by Crippen LogP contribution is 2.13. The van der Waals surface area contributed by atoms with Crippen LogP contribution < -0.4 is 0 Å². The van der Waals surface area contributed by atoms with Crippen LogP contribution in [0.4, 0.5) is 0 Å². The van der Waals surface area contributed by atoms with Crippen molar-refractivity contribution in [3.05, 3.63) is 0 Å². The van der Waals surface area contributed by atoms with Gasteiger partial charge in [-0.25, -0.2) is 0 Å². The van der Waals surface area contributed by atoms with Crippen LogP contribution in [0.5, 0.6) is 0 Å². The van der Waals surface area contributed by atoms with E-state index in [1.807, 2.05) is 6.92 Å². The van der Waals surface area contributed by atoms with Crippen molar-refractivity contribution in [1.82, 2.24) is 0 Å². The van der Waals surface area contributed by atoms with E-state index in [-0.39, 0.29) is 0 Å². The topological polar surface area (TPSA) is 0 Å². The van der Waals surface area contributed by atoms with Crippen LogP contribution in [0.2, 0.25) is 0 Å². The van der Waals surface area contributed by atoms with E-state index in [0.717, 1.165) is 38.5 Å². The van der Waals surface area contributed by atoms with Gasteiger partial charge in [-0.2, -0.15) is 0 Å². The Balaban J connectivity index is 3.93. The molecule has 0 radical (unpaired) electrons. The Labute approximate surface area is 94.8 Å². The Morgan fingerprint density at radius 2 is 1.93 bits per heavy atom. The zero-order chi connectivity index (χ0) is 11.4. The molecule has 0 N–H and O–H groups in total. The second-order valence-corrected chi connectivity index (χ2v) is 3.43. The summed E-state index contributed by atoms with van der Waals surface area (Å²) in [6, 6.07) is 0. The molecule has 0 aliphatic carbocycles. The molecule has 0 saturated carbocycles. The highest BCUT2D eigenvalue weighted by Gasteiger charge is 2.03. The van der Waals surface area contributed by atoms with E-state index in [4.69, 9.17) is 6.42 Å². The van der Waals surface area contributed by atoms with Gasteiger partial charge in [-0.15, -0.1) is 30.1 Å². The van der Waals surface area contributed by atoms with E-state index >= 15 is 0 Å². The lowest BCUT2D eigenvalue weighted by Crippen LogP contribution is -1.96. The minimum Gasteiger partial charge on any atom is -0.120 e. The highest BCUT2D eigenvalue weighted by molar-refractivity contribution is 5.05. The van der Waals surface area contributed by atoms with Gasteiger partial charge in [0, 0.05) is 25.2 Å². The van der Waals surface area contributed by atoms with Gasteiger partial charge >= 0.3 is 0 Å². The molecule has 0 aromatic carbocycles. The Hall–Kier alpha value is -1.32. The van der Waals surface area contributed by atoms with Crippen molar-refractivity contribution in [3.8, 4) is 36.0 Å². The van der Waals surface area contributed by atoms with Crippen LogP contribution in [-0.4, -0.2) is 0 Å². The van der Waals surface area contributed by atoms with Crippen molar-refractivity contribution < 1.29 is 0 Å². The van der Waals surface area contributed by atoms with Crippen molar-refractivity contribution in [2.75, 3.05) is 0 Å². The minimum absolute atomic E-state index is 0.485. The first kappa shape index (κ1) is 13.7. The number of hydrogen-bond donors (Lipinski definition) is 0. The molecule has 1 atom stereocenters. The maximum Gasteiger partial charge on any atom is 0.0212 e. The van der Waals surface area contributed by atoms with Crippen molar-refractivity contribution in [2.24, 2.45) is 5.92 Å². The van der Waals surface area contributed by atoms with Crippen LogP contribution in [-0.2, 0) is 0 Å². The SMILES string of the molecule is C#CCCCC(C#CCC)CCC#CC. The molecular weight excluding hydrogens is 180 g/mol. The van der Waals surface area contributed by atoms with Crippen molar-refractivity contribution in [1.29, 1.82) is 0 Å². The van der Waals surface area contributed by atoms with Gasteiger partial charge in [0.05, 0.1) is 0 Å². The lowest BCUT2D eigenvalue weighted by Gasteiger charge is -2.06. The predicted octanol–water partition coefficient (Wildman–Crippen LogP) is 3.62. The Morgan fingerprint density at radius 3 is 2.53 bits per heavy atom.